The first-order valence-corrected chi connectivity index (χ1v) is 5.79. The molecule has 0 radical (unpaired) electrons. The van der Waals surface area contributed by atoms with Crippen LogP contribution >= 0.6 is 0 Å². The molecular weight excluding hydrogens is 172 g/mol. The lowest BCUT2D eigenvalue weighted by Gasteiger charge is -2.33. The predicted molar refractivity (Wildman–Crippen MR) is 62.5 cm³/mol. The zero-order valence-corrected chi connectivity index (χ0v) is 9.68. The highest BCUT2D eigenvalue weighted by Crippen LogP contribution is 2.16. The monoisotopic (exact) mass is 196 g/mol. The molecular formula is C12H24N2. The Hall–Kier alpha value is -0.340. The fraction of sp³-hybridized carbons (Fsp3) is 0.833. The third-order valence-electron chi connectivity index (χ3n) is 3.04. The Bertz CT molecular complexity index is 175. The largest absolute Gasteiger partial charge is 0.319 e. The maximum Gasteiger partial charge on any atom is 0.0190 e. The van der Waals surface area contributed by atoms with E-state index in [-0.39, 0.29) is 0 Å². The van der Waals surface area contributed by atoms with Gasteiger partial charge in [0.2, 0.25) is 0 Å². The van der Waals surface area contributed by atoms with Gasteiger partial charge in [-0.3, -0.25) is 4.90 Å². The predicted octanol–water partition coefficient (Wildman–Crippen LogP) is 1.88. The number of hydrogen-bond donors (Lipinski definition) is 1. The molecule has 2 nitrogen and oxygen atoms in total. The molecule has 0 saturated carbocycles. The van der Waals surface area contributed by atoms with Crippen LogP contribution in [0.15, 0.2) is 12.2 Å². The normalized spacial score (nSPS) is 23.7. The van der Waals surface area contributed by atoms with Gasteiger partial charge in [-0.25, -0.2) is 0 Å². The second-order valence-corrected chi connectivity index (χ2v) is 4.40. The van der Waals surface area contributed by atoms with E-state index in [9.17, 15) is 0 Å². The van der Waals surface area contributed by atoms with E-state index in [1.54, 1.807) is 0 Å². The standard InChI is InChI=1S/C12H24N2/c1-4-11(2)9-14-7-5-6-12(10-14)8-13-3/h12-13H,2,4-10H2,1,3H3. The molecule has 14 heavy (non-hydrogen) atoms. The lowest BCUT2D eigenvalue weighted by atomic mass is 9.97. The highest BCUT2D eigenvalue weighted by Gasteiger charge is 2.18. The first-order chi connectivity index (χ1) is 6.76. The summed E-state index contributed by atoms with van der Waals surface area (Å²) in [5.74, 6) is 0.846. The average Bonchev–Trinajstić information content (AvgIpc) is 2.19. The Balaban J connectivity index is 2.28. The van der Waals surface area contributed by atoms with Crippen molar-refractivity contribution in [2.75, 3.05) is 33.2 Å². The van der Waals surface area contributed by atoms with Crippen molar-refractivity contribution in [2.45, 2.75) is 26.2 Å². The summed E-state index contributed by atoms with van der Waals surface area (Å²) in [6.45, 7) is 11.1. The Morgan fingerprint density at radius 1 is 1.57 bits per heavy atom. The van der Waals surface area contributed by atoms with Crippen molar-refractivity contribution in [3.05, 3.63) is 12.2 Å². The molecule has 1 fully saturated rings. The van der Waals surface area contributed by atoms with Gasteiger partial charge in [-0.2, -0.15) is 0 Å². The molecule has 0 aromatic carbocycles. The van der Waals surface area contributed by atoms with E-state index >= 15 is 0 Å². The summed E-state index contributed by atoms with van der Waals surface area (Å²) in [7, 11) is 2.05. The van der Waals surface area contributed by atoms with Crippen molar-refractivity contribution in [1.29, 1.82) is 0 Å². The van der Waals surface area contributed by atoms with Crippen LogP contribution in [0.2, 0.25) is 0 Å². The number of rotatable bonds is 5. The quantitative estimate of drug-likeness (QED) is 0.675. The van der Waals surface area contributed by atoms with Gasteiger partial charge in [-0.1, -0.05) is 19.1 Å². The van der Waals surface area contributed by atoms with E-state index in [1.165, 1.54) is 31.5 Å². The molecule has 1 atom stereocenters. The number of likely N-dealkylation sites (tertiary alicyclic amines) is 1. The fourth-order valence-corrected chi connectivity index (χ4v) is 2.18. The van der Waals surface area contributed by atoms with Crippen LogP contribution in [0.25, 0.3) is 0 Å². The van der Waals surface area contributed by atoms with Gasteiger partial charge in [0.05, 0.1) is 0 Å². The van der Waals surface area contributed by atoms with Crippen LogP contribution < -0.4 is 5.32 Å². The first-order valence-electron chi connectivity index (χ1n) is 5.79. The second kappa shape index (κ2) is 6.20. The summed E-state index contributed by atoms with van der Waals surface area (Å²) in [6.07, 6.45) is 3.85. The number of hydrogen-bond acceptors (Lipinski definition) is 2. The number of nitrogens with zero attached hydrogens (tertiary/aromatic N) is 1. The topological polar surface area (TPSA) is 15.3 Å². The van der Waals surface area contributed by atoms with Crippen molar-refractivity contribution in [2.24, 2.45) is 5.92 Å². The van der Waals surface area contributed by atoms with Crippen LogP contribution in [0.1, 0.15) is 26.2 Å². The van der Waals surface area contributed by atoms with Gasteiger partial charge in [-0.15, -0.1) is 0 Å². The van der Waals surface area contributed by atoms with Crippen molar-refractivity contribution < 1.29 is 0 Å². The van der Waals surface area contributed by atoms with Crippen LogP contribution in [-0.2, 0) is 0 Å². The second-order valence-electron chi connectivity index (χ2n) is 4.40. The maximum absolute atomic E-state index is 4.08. The summed E-state index contributed by atoms with van der Waals surface area (Å²) in [5.41, 5.74) is 1.37. The first kappa shape index (κ1) is 11.7. The maximum atomic E-state index is 4.08. The van der Waals surface area contributed by atoms with E-state index in [2.05, 4.69) is 23.7 Å². The van der Waals surface area contributed by atoms with E-state index in [0.717, 1.165) is 25.4 Å². The van der Waals surface area contributed by atoms with Crippen molar-refractivity contribution >= 4 is 0 Å². The molecule has 0 aromatic heterocycles. The van der Waals surface area contributed by atoms with Gasteiger partial charge < -0.3 is 5.32 Å². The van der Waals surface area contributed by atoms with Gasteiger partial charge in [-0.05, 0) is 45.3 Å². The van der Waals surface area contributed by atoms with Gasteiger partial charge >= 0.3 is 0 Å². The average molecular weight is 196 g/mol. The smallest absolute Gasteiger partial charge is 0.0190 e. The zero-order valence-electron chi connectivity index (χ0n) is 9.68. The lowest BCUT2D eigenvalue weighted by molar-refractivity contribution is 0.186. The highest BCUT2D eigenvalue weighted by atomic mass is 15.1. The van der Waals surface area contributed by atoms with Gasteiger partial charge in [0.1, 0.15) is 0 Å². The molecule has 0 bridgehead atoms. The third kappa shape index (κ3) is 3.81. The zero-order chi connectivity index (χ0) is 10.4. The fourth-order valence-electron chi connectivity index (χ4n) is 2.18. The Labute approximate surface area is 88.4 Å². The van der Waals surface area contributed by atoms with Gasteiger partial charge in [0.25, 0.3) is 0 Å². The minimum absolute atomic E-state index is 0.846. The molecule has 0 spiro atoms. The van der Waals surface area contributed by atoms with Crippen LogP contribution in [0.4, 0.5) is 0 Å². The van der Waals surface area contributed by atoms with E-state index in [1.807, 2.05) is 7.05 Å². The van der Waals surface area contributed by atoms with E-state index in [4.69, 9.17) is 0 Å². The summed E-state index contributed by atoms with van der Waals surface area (Å²) >= 11 is 0. The molecule has 1 heterocycles. The molecule has 82 valence electrons. The van der Waals surface area contributed by atoms with Gasteiger partial charge in [0.15, 0.2) is 0 Å². The van der Waals surface area contributed by atoms with Crippen molar-refractivity contribution in [3.63, 3.8) is 0 Å². The summed E-state index contributed by atoms with van der Waals surface area (Å²) in [6, 6.07) is 0. The number of piperidine rings is 1. The highest BCUT2D eigenvalue weighted by molar-refractivity contribution is 4.96. The van der Waals surface area contributed by atoms with E-state index in [0.29, 0.717) is 0 Å². The molecule has 1 aliphatic heterocycles. The lowest BCUT2D eigenvalue weighted by Crippen LogP contribution is -2.39. The molecule has 1 unspecified atom stereocenters. The van der Waals surface area contributed by atoms with Crippen LogP contribution in [0.3, 0.4) is 0 Å². The molecule has 2 heteroatoms. The van der Waals surface area contributed by atoms with Crippen LogP contribution in [0.5, 0.6) is 0 Å². The SMILES string of the molecule is C=C(CC)CN1CCCC(CNC)C1. The van der Waals surface area contributed by atoms with E-state index < -0.39 is 0 Å². The molecule has 0 aromatic rings. The van der Waals surface area contributed by atoms with Gasteiger partial charge in [0, 0.05) is 13.1 Å². The summed E-state index contributed by atoms with van der Waals surface area (Å²) < 4.78 is 0. The molecule has 1 saturated heterocycles. The van der Waals surface area contributed by atoms with Crippen LogP contribution in [-0.4, -0.2) is 38.1 Å². The van der Waals surface area contributed by atoms with Crippen molar-refractivity contribution in [3.8, 4) is 0 Å². The van der Waals surface area contributed by atoms with Crippen LogP contribution in [0, 0.1) is 5.92 Å². The Morgan fingerprint density at radius 3 is 3.00 bits per heavy atom. The summed E-state index contributed by atoms with van der Waals surface area (Å²) in [5, 5.41) is 3.28. The Kier molecular flexibility index (Phi) is 5.20. The molecule has 1 aliphatic rings. The third-order valence-corrected chi connectivity index (χ3v) is 3.04. The molecule has 1 N–H and O–H groups in total. The van der Waals surface area contributed by atoms with Crippen molar-refractivity contribution in [1.82, 2.24) is 10.2 Å². The summed E-state index contributed by atoms with van der Waals surface area (Å²) in [4.78, 5) is 2.55. The Morgan fingerprint density at radius 2 is 2.36 bits per heavy atom. The molecule has 0 aliphatic carbocycles. The molecule has 0 amide bonds. The minimum Gasteiger partial charge on any atom is -0.319 e. The number of nitrogens with one attached hydrogen (secondary N) is 1. The minimum atomic E-state index is 0.846. The molecule has 1 rings (SSSR count).